The van der Waals surface area contributed by atoms with Gasteiger partial charge < -0.3 is 26.8 Å². The highest BCUT2D eigenvalue weighted by Gasteiger charge is 2.30. The van der Waals surface area contributed by atoms with Crippen molar-refractivity contribution in [2.75, 3.05) is 24.3 Å². The van der Waals surface area contributed by atoms with Gasteiger partial charge in [0.05, 0.1) is 6.54 Å². The number of nitrogens with one attached hydrogen (secondary N) is 3. The number of hydrogen-bond acceptors (Lipinski definition) is 7. The number of carboxylic acid groups (broad SMARTS) is 1. The highest BCUT2D eigenvalue weighted by Crippen LogP contribution is 2.09. The Morgan fingerprint density at radius 2 is 1.70 bits per heavy atom. The summed E-state index contributed by atoms with van der Waals surface area (Å²) >= 11 is 5.58. The van der Waals surface area contributed by atoms with Gasteiger partial charge in [0.25, 0.3) is 0 Å². The average molecular weight is 423 g/mol. The van der Waals surface area contributed by atoms with Crippen molar-refractivity contribution in [3.63, 3.8) is 0 Å². The van der Waals surface area contributed by atoms with Gasteiger partial charge in [0, 0.05) is 5.75 Å². The zero-order chi connectivity index (χ0) is 21.0. The topological polar surface area (TPSA) is 151 Å². The second-order valence-corrected chi connectivity index (χ2v) is 7.41. The van der Waals surface area contributed by atoms with Gasteiger partial charge in [-0.15, -0.1) is 0 Å². The maximum Gasteiger partial charge on any atom is 0.326 e. The Hall–Kier alpha value is -1.46. The summed E-state index contributed by atoms with van der Waals surface area (Å²) in [5.41, 5.74) is 5.27. The molecule has 156 valence electrons. The standard InChI is InChI=1S/C16H30N4O5S2/c1-4-9(2)13(16(24)25)20-15(23)11(8-26)19-14(22)10(5-6-27-3)18-12(21)7-17/h9-11,13,26H,4-8,17H2,1-3H3,(H,18,21)(H,19,22)(H,20,23)(H,24,25). The molecule has 0 saturated heterocycles. The van der Waals surface area contributed by atoms with Crippen LogP contribution in [0.15, 0.2) is 0 Å². The molecule has 11 heteroatoms. The molecule has 0 aromatic carbocycles. The van der Waals surface area contributed by atoms with Crippen molar-refractivity contribution in [2.24, 2.45) is 11.7 Å². The second-order valence-electron chi connectivity index (χ2n) is 6.06. The number of carboxylic acids is 1. The Morgan fingerprint density at radius 1 is 1.11 bits per heavy atom. The highest BCUT2D eigenvalue weighted by atomic mass is 32.2. The van der Waals surface area contributed by atoms with Gasteiger partial charge >= 0.3 is 5.97 Å². The van der Waals surface area contributed by atoms with E-state index in [0.29, 0.717) is 18.6 Å². The molecule has 0 aliphatic heterocycles. The first-order chi connectivity index (χ1) is 12.7. The Balaban J connectivity index is 5.07. The molecule has 0 saturated carbocycles. The molecule has 6 N–H and O–H groups in total. The minimum atomic E-state index is -1.14. The highest BCUT2D eigenvalue weighted by molar-refractivity contribution is 7.98. The molecule has 4 atom stereocenters. The minimum absolute atomic E-state index is 0.0233. The maximum atomic E-state index is 12.5. The molecule has 0 aromatic rings. The molecule has 0 fully saturated rings. The van der Waals surface area contributed by atoms with Crippen molar-refractivity contribution < 1.29 is 24.3 Å². The maximum absolute atomic E-state index is 12.5. The van der Waals surface area contributed by atoms with Gasteiger partial charge in [-0.3, -0.25) is 14.4 Å². The van der Waals surface area contributed by atoms with Crippen LogP contribution in [0.25, 0.3) is 0 Å². The van der Waals surface area contributed by atoms with E-state index in [-0.39, 0.29) is 18.2 Å². The molecule has 0 aliphatic rings. The first kappa shape index (κ1) is 25.5. The van der Waals surface area contributed by atoms with Crippen LogP contribution in [-0.2, 0) is 19.2 Å². The number of carbonyl (C=O) groups is 4. The lowest BCUT2D eigenvalue weighted by atomic mass is 9.99. The van der Waals surface area contributed by atoms with Crippen LogP contribution < -0.4 is 21.7 Å². The Kier molecular flexibility index (Phi) is 12.9. The van der Waals surface area contributed by atoms with E-state index in [9.17, 15) is 24.3 Å². The van der Waals surface area contributed by atoms with Crippen molar-refractivity contribution in [1.29, 1.82) is 0 Å². The van der Waals surface area contributed by atoms with Gasteiger partial charge in [0.15, 0.2) is 0 Å². The third-order valence-electron chi connectivity index (χ3n) is 4.04. The van der Waals surface area contributed by atoms with E-state index in [1.807, 2.05) is 13.2 Å². The van der Waals surface area contributed by atoms with Gasteiger partial charge in [-0.1, -0.05) is 20.3 Å². The van der Waals surface area contributed by atoms with Crippen LogP contribution in [0.4, 0.5) is 0 Å². The summed E-state index contributed by atoms with van der Waals surface area (Å²) in [5, 5.41) is 16.8. The molecular formula is C16H30N4O5S2. The number of rotatable bonds is 13. The summed E-state index contributed by atoms with van der Waals surface area (Å²) in [6, 6.07) is -2.93. The van der Waals surface area contributed by atoms with Crippen LogP contribution in [0.3, 0.4) is 0 Å². The predicted octanol–water partition coefficient (Wildman–Crippen LogP) is -0.787. The normalized spacial score (nSPS) is 15.1. The smallest absolute Gasteiger partial charge is 0.326 e. The zero-order valence-electron chi connectivity index (χ0n) is 15.9. The van der Waals surface area contributed by atoms with Crippen molar-refractivity contribution >= 4 is 48.1 Å². The minimum Gasteiger partial charge on any atom is -0.480 e. The van der Waals surface area contributed by atoms with Gasteiger partial charge in [0.1, 0.15) is 18.1 Å². The lowest BCUT2D eigenvalue weighted by molar-refractivity contribution is -0.143. The molecule has 0 bridgehead atoms. The number of thioether (sulfide) groups is 1. The summed E-state index contributed by atoms with van der Waals surface area (Å²) in [6.45, 7) is 3.28. The Bertz CT molecular complexity index is 521. The number of aliphatic carboxylic acids is 1. The third-order valence-corrected chi connectivity index (χ3v) is 5.05. The number of thiol groups is 1. The van der Waals surface area contributed by atoms with Crippen molar-refractivity contribution in [1.82, 2.24) is 16.0 Å². The van der Waals surface area contributed by atoms with Crippen LogP contribution in [0.1, 0.15) is 26.7 Å². The number of hydrogen-bond donors (Lipinski definition) is 6. The van der Waals surface area contributed by atoms with Crippen LogP contribution in [0.2, 0.25) is 0 Å². The van der Waals surface area contributed by atoms with E-state index in [0.717, 1.165) is 0 Å². The summed E-state index contributed by atoms with van der Waals surface area (Å²) in [7, 11) is 0. The molecule has 27 heavy (non-hydrogen) atoms. The fraction of sp³-hybridized carbons (Fsp3) is 0.750. The molecule has 9 nitrogen and oxygen atoms in total. The summed E-state index contributed by atoms with van der Waals surface area (Å²) < 4.78 is 0. The van der Waals surface area contributed by atoms with Gasteiger partial charge in [-0.05, 0) is 24.3 Å². The molecule has 0 aliphatic carbocycles. The van der Waals surface area contributed by atoms with E-state index in [1.54, 1.807) is 6.92 Å². The van der Waals surface area contributed by atoms with E-state index in [1.165, 1.54) is 11.8 Å². The van der Waals surface area contributed by atoms with Crippen molar-refractivity contribution in [3.8, 4) is 0 Å². The lowest BCUT2D eigenvalue weighted by Gasteiger charge is -2.25. The fourth-order valence-corrected chi connectivity index (χ4v) is 2.89. The number of carbonyl (C=O) groups excluding carboxylic acids is 3. The van der Waals surface area contributed by atoms with Crippen LogP contribution in [0, 0.1) is 5.92 Å². The average Bonchev–Trinajstić information content (AvgIpc) is 2.65. The van der Waals surface area contributed by atoms with Gasteiger partial charge in [0.2, 0.25) is 17.7 Å². The predicted molar refractivity (Wildman–Crippen MR) is 109 cm³/mol. The van der Waals surface area contributed by atoms with Crippen molar-refractivity contribution in [2.45, 2.75) is 44.8 Å². The fourth-order valence-electron chi connectivity index (χ4n) is 2.16. The first-order valence-corrected chi connectivity index (χ1v) is 10.7. The second kappa shape index (κ2) is 13.7. The van der Waals surface area contributed by atoms with Crippen LogP contribution >= 0.6 is 24.4 Å². The van der Waals surface area contributed by atoms with E-state index < -0.39 is 41.8 Å². The largest absolute Gasteiger partial charge is 0.480 e. The molecule has 0 rings (SSSR count). The van der Waals surface area contributed by atoms with E-state index in [4.69, 9.17) is 5.73 Å². The molecule has 4 unspecified atom stereocenters. The molecule has 3 amide bonds. The van der Waals surface area contributed by atoms with Gasteiger partial charge in [-0.25, -0.2) is 4.79 Å². The molecule has 0 heterocycles. The number of nitrogens with two attached hydrogens (primary N) is 1. The summed E-state index contributed by atoms with van der Waals surface area (Å²) in [6.07, 6.45) is 2.80. The molecular weight excluding hydrogens is 392 g/mol. The third kappa shape index (κ3) is 9.34. The SMILES string of the molecule is CCC(C)C(NC(=O)C(CS)NC(=O)C(CCSC)NC(=O)CN)C(=O)O. The summed E-state index contributed by atoms with van der Waals surface area (Å²) in [5.74, 6) is -2.49. The Morgan fingerprint density at radius 3 is 2.15 bits per heavy atom. The molecule has 0 radical (unpaired) electrons. The summed E-state index contributed by atoms with van der Waals surface area (Å²) in [4.78, 5) is 47.8. The quantitative estimate of drug-likeness (QED) is 0.213. The molecule has 0 spiro atoms. The zero-order valence-corrected chi connectivity index (χ0v) is 17.6. The lowest BCUT2D eigenvalue weighted by Crippen LogP contribution is -2.57. The Labute approximate surface area is 169 Å². The first-order valence-electron chi connectivity index (χ1n) is 8.64. The van der Waals surface area contributed by atoms with E-state index >= 15 is 0 Å². The number of amides is 3. The van der Waals surface area contributed by atoms with Crippen LogP contribution in [0.5, 0.6) is 0 Å². The van der Waals surface area contributed by atoms with E-state index in [2.05, 4.69) is 28.6 Å². The van der Waals surface area contributed by atoms with Crippen LogP contribution in [-0.4, -0.2) is 71.2 Å². The monoisotopic (exact) mass is 422 g/mol. The van der Waals surface area contributed by atoms with Crippen molar-refractivity contribution in [3.05, 3.63) is 0 Å². The molecule has 0 aromatic heterocycles. The van der Waals surface area contributed by atoms with Gasteiger partial charge in [-0.2, -0.15) is 24.4 Å².